The van der Waals surface area contributed by atoms with Crippen molar-refractivity contribution < 1.29 is 19.0 Å². The monoisotopic (exact) mass is 292 g/mol. The van der Waals surface area contributed by atoms with Crippen LogP contribution in [0.1, 0.15) is 53.6 Å². The highest BCUT2D eigenvalue weighted by Crippen LogP contribution is 2.69. The third kappa shape index (κ3) is 1.20. The van der Waals surface area contributed by atoms with E-state index in [9.17, 15) is 4.79 Å². The first-order valence-electron chi connectivity index (χ1n) is 7.53. The summed E-state index contributed by atoms with van der Waals surface area (Å²) in [7, 11) is 0. The fourth-order valence-corrected chi connectivity index (χ4v) is 4.17. The second kappa shape index (κ2) is 3.42. The molecule has 4 aliphatic rings. The molecule has 22 heavy (non-hydrogen) atoms. The lowest BCUT2D eigenvalue weighted by Gasteiger charge is -2.26. The van der Waals surface area contributed by atoms with Crippen LogP contribution in [0.2, 0.25) is 0 Å². The molecule has 0 amide bonds. The number of benzene rings is 2. The second-order valence-electron chi connectivity index (χ2n) is 6.30. The fourth-order valence-electron chi connectivity index (χ4n) is 4.17. The first-order chi connectivity index (χ1) is 10.7. The maximum absolute atomic E-state index is 11.4. The van der Waals surface area contributed by atoms with Crippen LogP contribution in [-0.2, 0) is 14.3 Å². The van der Waals surface area contributed by atoms with Crippen molar-refractivity contribution in [3.63, 3.8) is 0 Å². The Balaban J connectivity index is 1.72. The van der Waals surface area contributed by atoms with E-state index in [1.807, 2.05) is 12.1 Å². The number of esters is 1. The molecule has 0 spiro atoms. The molecule has 0 aromatic heterocycles. The number of rotatable bonds is 1. The Morgan fingerprint density at radius 2 is 1.55 bits per heavy atom. The number of ether oxygens (including phenoxy) is 3. The van der Waals surface area contributed by atoms with Crippen LogP contribution in [0.15, 0.2) is 30.3 Å². The third-order valence-electron chi connectivity index (χ3n) is 5.06. The Morgan fingerprint density at radius 1 is 0.909 bits per heavy atom. The smallest absolute Gasteiger partial charge is 0.308 e. The Hall–Kier alpha value is -2.17. The van der Waals surface area contributed by atoms with Crippen molar-refractivity contribution in [3.05, 3.63) is 52.6 Å². The molecule has 4 nitrogen and oxygen atoms in total. The van der Waals surface area contributed by atoms with E-state index in [2.05, 4.69) is 18.2 Å². The quantitative estimate of drug-likeness (QED) is 0.458. The molecule has 2 saturated heterocycles. The van der Waals surface area contributed by atoms with Crippen molar-refractivity contribution in [3.8, 4) is 16.9 Å². The number of epoxide rings is 2. The fraction of sp³-hybridized carbons (Fsp3) is 0.278. The van der Waals surface area contributed by atoms with E-state index >= 15 is 0 Å². The van der Waals surface area contributed by atoms with Gasteiger partial charge in [0, 0.05) is 12.5 Å². The molecule has 2 aliphatic carbocycles. The summed E-state index contributed by atoms with van der Waals surface area (Å²) in [4.78, 5) is 11.4. The van der Waals surface area contributed by atoms with Crippen molar-refractivity contribution in [2.75, 3.05) is 0 Å². The highest BCUT2D eigenvalue weighted by Gasteiger charge is 2.56. The van der Waals surface area contributed by atoms with Gasteiger partial charge in [0.15, 0.2) is 0 Å². The van der Waals surface area contributed by atoms with Crippen LogP contribution < -0.4 is 4.74 Å². The molecule has 108 valence electrons. The molecule has 0 radical (unpaired) electrons. The molecule has 2 fully saturated rings. The maximum Gasteiger partial charge on any atom is 0.308 e. The number of fused-ring (bicyclic) bond motifs is 6. The Labute approximate surface area is 126 Å². The maximum atomic E-state index is 11.4. The van der Waals surface area contributed by atoms with E-state index < -0.39 is 0 Å². The first kappa shape index (κ1) is 11.4. The van der Waals surface area contributed by atoms with Crippen LogP contribution in [0.25, 0.3) is 11.1 Å². The summed E-state index contributed by atoms with van der Waals surface area (Å²) in [5.74, 6) is 0.321. The minimum absolute atomic E-state index is 0.00218. The lowest BCUT2D eigenvalue weighted by Crippen LogP contribution is -2.12. The minimum atomic E-state index is -0.302. The summed E-state index contributed by atoms with van der Waals surface area (Å²) in [5, 5.41) is 0. The number of carbonyl (C=O) groups is 1. The zero-order valence-corrected chi connectivity index (χ0v) is 11.8. The molecule has 2 aromatic rings. The Kier molecular flexibility index (Phi) is 1.77. The molecular weight excluding hydrogens is 280 g/mol. The third-order valence-corrected chi connectivity index (χ3v) is 5.06. The molecule has 0 bridgehead atoms. The van der Waals surface area contributed by atoms with Crippen molar-refractivity contribution in [1.29, 1.82) is 0 Å². The van der Waals surface area contributed by atoms with Gasteiger partial charge in [0.25, 0.3) is 0 Å². The molecule has 0 unspecified atom stereocenters. The normalized spacial score (nSPS) is 30.8. The number of hydrogen-bond donors (Lipinski definition) is 0. The predicted molar refractivity (Wildman–Crippen MR) is 76.3 cm³/mol. The zero-order chi connectivity index (χ0) is 14.6. The largest absolute Gasteiger partial charge is 0.426 e. The van der Waals surface area contributed by atoms with Gasteiger partial charge in [-0.2, -0.15) is 0 Å². The van der Waals surface area contributed by atoms with E-state index in [-0.39, 0.29) is 30.4 Å². The van der Waals surface area contributed by atoms with Crippen molar-refractivity contribution in [1.82, 2.24) is 0 Å². The van der Waals surface area contributed by atoms with Crippen LogP contribution >= 0.6 is 0 Å². The molecule has 4 atom stereocenters. The van der Waals surface area contributed by atoms with Gasteiger partial charge < -0.3 is 14.2 Å². The molecule has 0 saturated carbocycles. The van der Waals surface area contributed by atoms with Crippen LogP contribution in [-0.4, -0.2) is 5.97 Å². The summed E-state index contributed by atoms with van der Waals surface area (Å²) in [6.07, 6.45) is 0.396. The molecule has 2 aliphatic heterocycles. The van der Waals surface area contributed by atoms with E-state index in [1.54, 1.807) is 0 Å². The van der Waals surface area contributed by atoms with Gasteiger partial charge >= 0.3 is 5.97 Å². The topological polar surface area (TPSA) is 51.4 Å². The summed E-state index contributed by atoms with van der Waals surface area (Å²) in [5.41, 5.74) is 7.10. The van der Waals surface area contributed by atoms with Gasteiger partial charge in [-0.05, 0) is 33.9 Å². The molecule has 0 N–H and O–H groups in total. The zero-order valence-electron chi connectivity index (χ0n) is 11.8. The van der Waals surface area contributed by atoms with Gasteiger partial charge in [-0.25, -0.2) is 0 Å². The molecule has 2 heterocycles. The van der Waals surface area contributed by atoms with Crippen LogP contribution in [0.5, 0.6) is 5.75 Å². The lowest BCUT2D eigenvalue weighted by atomic mass is 9.75. The summed E-state index contributed by atoms with van der Waals surface area (Å²) >= 11 is 0. The highest BCUT2D eigenvalue weighted by atomic mass is 16.6. The average molecular weight is 292 g/mol. The Bertz CT molecular complexity index is 871. The van der Waals surface area contributed by atoms with Crippen molar-refractivity contribution in [2.24, 2.45) is 0 Å². The summed E-state index contributed by atoms with van der Waals surface area (Å²) < 4.78 is 17.2. The Morgan fingerprint density at radius 3 is 2.27 bits per heavy atom. The van der Waals surface area contributed by atoms with E-state index in [1.165, 1.54) is 34.7 Å². The van der Waals surface area contributed by atoms with Gasteiger partial charge in [0.2, 0.25) is 0 Å². The summed E-state index contributed by atoms with van der Waals surface area (Å²) in [6.45, 7) is 1.43. The minimum Gasteiger partial charge on any atom is -0.426 e. The van der Waals surface area contributed by atoms with Crippen molar-refractivity contribution >= 4 is 5.97 Å². The van der Waals surface area contributed by atoms with Gasteiger partial charge in [0.05, 0.1) is 0 Å². The predicted octanol–water partition coefficient (Wildman–Crippen LogP) is 3.53. The summed E-state index contributed by atoms with van der Waals surface area (Å²) in [6, 6.07) is 10.3. The van der Waals surface area contributed by atoms with Gasteiger partial charge in [-0.3, -0.25) is 4.79 Å². The van der Waals surface area contributed by atoms with Crippen LogP contribution in [0.3, 0.4) is 0 Å². The number of carbonyl (C=O) groups excluding carboxylic acids is 1. The van der Waals surface area contributed by atoms with Gasteiger partial charge in [-0.15, -0.1) is 0 Å². The van der Waals surface area contributed by atoms with Crippen molar-refractivity contribution in [2.45, 2.75) is 31.3 Å². The SMILES string of the molecule is CC(=O)Oc1ccc2c3c1[C@H]1O[C@H]1c1cccc(c1-3)[C@@H]1O[C@H]21. The first-order valence-corrected chi connectivity index (χ1v) is 7.53. The second-order valence-corrected chi connectivity index (χ2v) is 6.30. The molecule has 6 rings (SSSR count). The average Bonchev–Trinajstić information content (AvgIpc) is 3.39. The standard InChI is InChI=1S/C18H12O4/c1-7(19)20-11-6-5-10-13-12-8(15-16(10)21-15)3-2-4-9(12)17-18(22-17)14(11)13/h2-6,15-18H,1H3/t15-,16+,17-,18+/m0/s1. The highest BCUT2D eigenvalue weighted by molar-refractivity contribution is 5.87. The van der Waals surface area contributed by atoms with E-state index in [0.717, 1.165) is 5.56 Å². The van der Waals surface area contributed by atoms with Crippen LogP contribution in [0, 0.1) is 0 Å². The van der Waals surface area contributed by atoms with Gasteiger partial charge in [-0.1, -0.05) is 24.3 Å². The lowest BCUT2D eigenvalue weighted by molar-refractivity contribution is -0.131. The molecule has 4 heteroatoms. The van der Waals surface area contributed by atoms with Gasteiger partial charge in [0.1, 0.15) is 30.2 Å². The molecular formula is C18H12O4. The van der Waals surface area contributed by atoms with Crippen LogP contribution in [0.4, 0.5) is 0 Å². The van der Waals surface area contributed by atoms with E-state index in [0.29, 0.717) is 5.75 Å². The van der Waals surface area contributed by atoms with E-state index in [4.69, 9.17) is 14.2 Å². The number of hydrogen-bond acceptors (Lipinski definition) is 4. The molecule has 2 aromatic carbocycles.